The van der Waals surface area contributed by atoms with Crippen LogP contribution in [-0.4, -0.2) is 43.5 Å². The average Bonchev–Trinajstić information content (AvgIpc) is 3.04. The van der Waals surface area contributed by atoms with Crippen molar-refractivity contribution in [1.82, 2.24) is 4.90 Å². The molecule has 1 N–H and O–H groups in total. The van der Waals surface area contributed by atoms with Crippen molar-refractivity contribution in [2.75, 3.05) is 31.6 Å². The van der Waals surface area contributed by atoms with E-state index >= 15 is 0 Å². The van der Waals surface area contributed by atoms with Gasteiger partial charge in [0.25, 0.3) is 0 Å². The second-order valence-electron chi connectivity index (χ2n) is 5.34. The normalized spacial score (nSPS) is 20.7. The van der Waals surface area contributed by atoms with E-state index in [0.29, 0.717) is 42.9 Å². The van der Waals surface area contributed by atoms with Crippen molar-refractivity contribution in [3.63, 3.8) is 0 Å². The third kappa shape index (κ3) is 3.48. The SMILES string of the molecule is O=C(Nc1ccccc1Cl)N1CCC(C2OCCO2)CC1. The minimum atomic E-state index is -0.102. The molecule has 2 fully saturated rings. The summed E-state index contributed by atoms with van der Waals surface area (Å²) in [5.41, 5.74) is 0.647. The highest BCUT2D eigenvalue weighted by Crippen LogP contribution is 2.27. The molecule has 3 rings (SSSR count). The van der Waals surface area contributed by atoms with Crippen LogP contribution in [0.2, 0.25) is 5.02 Å². The third-order valence-electron chi connectivity index (χ3n) is 3.97. The zero-order valence-electron chi connectivity index (χ0n) is 11.8. The van der Waals surface area contributed by atoms with E-state index in [4.69, 9.17) is 21.1 Å². The molecule has 0 aromatic heterocycles. The summed E-state index contributed by atoms with van der Waals surface area (Å²) in [6.07, 6.45) is 1.72. The maximum Gasteiger partial charge on any atom is 0.321 e. The summed E-state index contributed by atoms with van der Waals surface area (Å²) in [7, 11) is 0. The molecule has 0 radical (unpaired) electrons. The van der Waals surface area contributed by atoms with Gasteiger partial charge in [0.05, 0.1) is 23.9 Å². The van der Waals surface area contributed by atoms with E-state index in [0.717, 1.165) is 12.8 Å². The molecule has 0 bridgehead atoms. The van der Waals surface area contributed by atoms with Crippen molar-refractivity contribution in [3.8, 4) is 0 Å². The van der Waals surface area contributed by atoms with Gasteiger partial charge in [-0.2, -0.15) is 0 Å². The Morgan fingerprint density at radius 2 is 1.86 bits per heavy atom. The standard InChI is InChI=1S/C15H19ClN2O3/c16-12-3-1-2-4-13(12)17-15(19)18-7-5-11(6-8-18)14-20-9-10-21-14/h1-4,11,14H,5-10H2,(H,17,19). The highest BCUT2D eigenvalue weighted by atomic mass is 35.5. The fraction of sp³-hybridized carbons (Fsp3) is 0.533. The van der Waals surface area contributed by atoms with E-state index in [-0.39, 0.29) is 12.3 Å². The molecular weight excluding hydrogens is 292 g/mol. The summed E-state index contributed by atoms with van der Waals surface area (Å²) in [5, 5.41) is 3.41. The average molecular weight is 311 g/mol. The Morgan fingerprint density at radius 1 is 1.19 bits per heavy atom. The van der Waals surface area contributed by atoms with Crippen molar-refractivity contribution >= 4 is 23.3 Å². The van der Waals surface area contributed by atoms with E-state index in [1.54, 1.807) is 12.1 Å². The molecule has 0 spiro atoms. The van der Waals surface area contributed by atoms with Gasteiger partial charge in [-0.3, -0.25) is 0 Å². The molecule has 0 unspecified atom stereocenters. The third-order valence-corrected chi connectivity index (χ3v) is 4.30. The number of ether oxygens (including phenoxy) is 2. The molecule has 1 aromatic rings. The van der Waals surface area contributed by atoms with Gasteiger partial charge < -0.3 is 19.7 Å². The van der Waals surface area contributed by atoms with Gasteiger partial charge >= 0.3 is 6.03 Å². The number of hydrogen-bond acceptors (Lipinski definition) is 3. The molecule has 0 saturated carbocycles. The number of urea groups is 1. The summed E-state index contributed by atoms with van der Waals surface area (Å²) in [6.45, 7) is 2.78. The first-order valence-corrected chi connectivity index (χ1v) is 7.65. The number of halogens is 1. The Hall–Kier alpha value is -1.30. The van der Waals surface area contributed by atoms with Crippen LogP contribution >= 0.6 is 11.6 Å². The van der Waals surface area contributed by atoms with E-state index in [2.05, 4.69) is 5.32 Å². The number of rotatable bonds is 2. The second kappa shape index (κ2) is 6.64. The predicted molar refractivity (Wildman–Crippen MR) is 80.5 cm³/mol. The van der Waals surface area contributed by atoms with Crippen LogP contribution in [0.3, 0.4) is 0 Å². The first kappa shape index (κ1) is 14.6. The first-order chi connectivity index (χ1) is 10.2. The number of nitrogens with zero attached hydrogens (tertiary/aromatic N) is 1. The number of piperidine rings is 1. The van der Waals surface area contributed by atoms with Crippen LogP contribution in [0.15, 0.2) is 24.3 Å². The number of amides is 2. The number of likely N-dealkylation sites (tertiary alicyclic amines) is 1. The second-order valence-corrected chi connectivity index (χ2v) is 5.75. The Bertz CT molecular complexity index is 497. The van der Waals surface area contributed by atoms with Crippen LogP contribution in [0, 0.1) is 5.92 Å². The first-order valence-electron chi connectivity index (χ1n) is 7.28. The zero-order chi connectivity index (χ0) is 14.7. The lowest BCUT2D eigenvalue weighted by molar-refractivity contribution is -0.0950. The van der Waals surface area contributed by atoms with Crippen molar-refractivity contribution < 1.29 is 14.3 Å². The van der Waals surface area contributed by atoms with Gasteiger partial charge in [0.2, 0.25) is 0 Å². The molecule has 21 heavy (non-hydrogen) atoms. The van der Waals surface area contributed by atoms with E-state index in [1.807, 2.05) is 17.0 Å². The summed E-state index contributed by atoms with van der Waals surface area (Å²) >= 11 is 6.05. The van der Waals surface area contributed by atoms with Crippen LogP contribution in [0.5, 0.6) is 0 Å². The molecule has 5 nitrogen and oxygen atoms in total. The number of carbonyl (C=O) groups excluding carboxylic acids is 1. The summed E-state index contributed by atoms with van der Waals surface area (Å²) in [6, 6.07) is 7.15. The van der Waals surface area contributed by atoms with Crippen molar-refractivity contribution in [3.05, 3.63) is 29.3 Å². The van der Waals surface area contributed by atoms with E-state index in [1.165, 1.54) is 0 Å². The Kier molecular flexibility index (Phi) is 4.63. The molecule has 6 heteroatoms. The van der Waals surface area contributed by atoms with Gasteiger partial charge in [0.15, 0.2) is 6.29 Å². The number of hydrogen-bond donors (Lipinski definition) is 1. The summed E-state index contributed by atoms with van der Waals surface area (Å²) in [5.74, 6) is 0.386. The predicted octanol–water partition coefficient (Wildman–Crippen LogP) is 2.96. The summed E-state index contributed by atoms with van der Waals surface area (Å²) in [4.78, 5) is 14.1. The van der Waals surface area contributed by atoms with Gasteiger partial charge in [-0.05, 0) is 25.0 Å². The highest BCUT2D eigenvalue weighted by molar-refractivity contribution is 6.33. The van der Waals surface area contributed by atoms with Gasteiger partial charge in [-0.25, -0.2) is 4.79 Å². The number of para-hydroxylation sites is 1. The Balaban J connectivity index is 1.52. The number of nitrogens with one attached hydrogen (secondary N) is 1. The van der Waals surface area contributed by atoms with Crippen LogP contribution < -0.4 is 5.32 Å². The maximum absolute atomic E-state index is 12.2. The highest BCUT2D eigenvalue weighted by Gasteiger charge is 2.31. The number of carbonyl (C=O) groups is 1. The quantitative estimate of drug-likeness (QED) is 0.913. The molecule has 1 aromatic carbocycles. The molecule has 2 amide bonds. The van der Waals surface area contributed by atoms with E-state index < -0.39 is 0 Å². The molecular formula is C15H19ClN2O3. The largest absolute Gasteiger partial charge is 0.350 e. The fourth-order valence-electron chi connectivity index (χ4n) is 2.78. The molecule has 0 aliphatic carbocycles. The number of anilines is 1. The molecule has 114 valence electrons. The molecule has 2 heterocycles. The minimum absolute atomic E-state index is 0.0845. The maximum atomic E-state index is 12.2. The lowest BCUT2D eigenvalue weighted by Crippen LogP contribution is -2.43. The van der Waals surface area contributed by atoms with Crippen LogP contribution in [-0.2, 0) is 9.47 Å². The monoisotopic (exact) mass is 310 g/mol. The van der Waals surface area contributed by atoms with Crippen LogP contribution in [0.1, 0.15) is 12.8 Å². The molecule has 2 aliphatic rings. The zero-order valence-corrected chi connectivity index (χ0v) is 12.5. The lowest BCUT2D eigenvalue weighted by Gasteiger charge is -2.33. The van der Waals surface area contributed by atoms with Crippen molar-refractivity contribution in [1.29, 1.82) is 0 Å². The van der Waals surface area contributed by atoms with E-state index in [9.17, 15) is 4.79 Å². The fourth-order valence-corrected chi connectivity index (χ4v) is 2.96. The lowest BCUT2D eigenvalue weighted by atomic mass is 9.96. The van der Waals surface area contributed by atoms with Gasteiger partial charge in [0, 0.05) is 19.0 Å². The van der Waals surface area contributed by atoms with Crippen LogP contribution in [0.25, 0.3) is 0 Å². The van der Waals surface area contributed by atoms with Gasteiger partial charge in [-0.1, -0.05) is 23.7 Å². The topological polar surface area (TPSA) is 50.8 Å². The summed E-state index contributed by atoms with van der Waals surface area (Å²) < 4.78 is 11.1. The molecule has 2 saturated heterocycles. The number of benzene rings is 1. The molecule has 2 aliphatic heterocycles. The molecule has 0 atom stereocenters. The minimum Gasteiger partial charge on any atom is -0.350 e. The Labute approximate surface area is 129 Å². The smallest absolute Gasteiger partial charge is 0.321 e. The van der Waals surface area contributed by atoms with Gasteiger partial charge in [0.1, 0.15) is 0 Å². The van der Waals surface area contributed by atoms with Gasteiger partial charge in [-0.15, -0.1) is 0 Å². The van der Waals surface area contributed by atoms with Crippen LogP contribution in [0.4, 0.5) is 10.5 Å². The van der Waals surface area contributed by atoms with Crippen molar-refractivity contribution in [2.24, 2.45) is 5.92 Å². The Morgan fingerprint density at radius 3 is 2.52 bits per heavy atom. The van der Waals surface area contributed by atoms with Crippen molar-refractivity contribution in [2.45, 2.75) is 19.1 Å².